The van der Waals surface area contributed by atoms with Gasteiger partial charge in [0, 0.05) is 12.1 Å². The van der Waals surface area contributed by atoms with Gasteiger partial charge < -0.3 is 0 Å². The lowest BCUT2D eigenvalue weighted by Crippen LogP contribution is -2.50. The van der Waals surface area contributed by atoms with Gasteiger partial charge in [-0.25, -0.2) is 0 Å². The molecule has 1 saturated heterocycles. The van der Waals surface area contributed by atoms with Crippen molar-refractivity contribution in [2.24, 2.45) is 0 Å². The quantitative estimate of drug-likeness (QED) is 0.364. The van der Waals surface area contributed by atoms with E-state index in [1.807, 2.05) is 0 Å². The molecule has 1 heterocycles. The van der Waals surface area contributed by atoms with Gasteiger partial charge >= 0.3 is 0 Å². The molecule has 2 amide bonds. The number of rotatable bonds is 4. The van der Waals surface area contributed by atoms with Crippen molar-refractivity contribution in [1.29, 1.82) is 0 Å². The molecule has 25 heavy (non-hydrogen) atoms. The summed E-state index contributed by atoms with van der Waals surface area (Å²) in [4.78, 5) is 45.7. The first-order valence-corrected chi connectivity index (χ1v) is 7.23. The third kappa shape index (κ3) is 2.94. The Balaban J connectivity index is 1.98. The summed E-state index contributed by atoms with van der Waals surface area (Å²) in [6.07, 6.45) is 0.132. The number of non-ortho nitro benzene ring substituents is 2. The SMILES string of the molecule is O=C1C[C@H](c2ccccc2)N1C(=O)c1cc([N+](=O)[O-])cc([N+](=O)[O-])c1. The Hall–Kier alpha value is -3.62. The maximum atomic E-state index is 12.6. The molecule has 3 rings (SSSR count). The normalized spacial score (nSPS) is 16.2. The molecular formula is C16H11N3O6. The average molecular weight is 341 g/mol. The standard InChI is InChI=1S/C16H11N3O6/c20-15-9-14(10-4-2-1-3-5-10)17(15)16(21)11-6-12(18(22)23)8-13(7-11)19(24)25/h1-8,14H,9H2/t14-/m1/s1. The molecule has 9 heteroatoms. The van der Waals surface area contributed by atoms with E-state index in [9.17, 15) is 29.8 Å². The highest BCUT2D eigenvalue weighted by Gasteiger charge is 2.42. The minimum atomic E-state index is -0.823. The van der Waals surface area contributed by atoms with E-state index in [4.69, 9.17) is 0 Å². The molecule has 0 aromatic heterocycles. The van der Waals surface area contributed by atoms with Gasteiger partial charge in [-0.05, 0) is 5.56 Å². The lowest BCUT2D eigenvalue weighted by Gasteiger charge is -2.38. The van der Waals surface area contributed by atoms with E-state index in [0.29, 0.717) is 0 Å². The van der Waals surface area contributed by atoms with Crippen molar-refractivity contribution >= 4 is 23.2 Å². The van der Waals surface area contributed by atoms with Crippen molar-refractivity contribution in [1.82, 2.24) is 4.90 Å². The Morgan fingerprint density at radius 1 is 1.00 bits per heavy atom. The van der Waals surface area contributed by atoms with Gasteiger partial charge in [0.05, 0.1) is 33.9 Å². The predicted molar refractivity (Wildman–Crippen MR) is 84.7 cm³/mol. The number of nitrogens with zero attached hydrogens (tertiary/aromatic N) is 3. The average Bonchev–Trinajstić information content (AvgIpc) is 2.59. The van der Waals surface area contributed by atoms with Crippen molar-refractivity contribution in [3.8, 4) is 0 Å². The molecule has 0 radical (unpaired) electrons. The maximum Gasteiger partial charge on any atom is 0.277 e. The molecule has 1 aliphatic rings. The zero-order valence-electron chi connectivity index (χ0n) is 12.7. The minimum Gasteiger partial charge on any atom is -0.274 e. The number of β-lactam (4-membered cyclic amide) rings is 1. The molecule has 0 bridgehead atoms. The number of carbonyl (C=O) groups excluding carboxylic acids is 2. The Labute approximate surface area is 140 Å². The van der Waals surface area contributed by atoms with Crippen LogP contribution >= 0.6 is 0 Å². The van der Waals surface area contributed by atoms with Crippen molar-refractivity contribution in [2.75, 3.05) is 0 Å². The summed E-state index contributed by atoms with van der Waals surface area (Å²) in [6, 6.07) is 11.0. The fraction of sp³-hybridized carbons (Fsp3) is 0.125. The molecule has 0 saturated carbocycles. The predicted octanol–water partition coefficient (Wildman–Crippen LogP) is 2.62. The van der Waals surface area contributed by atoms with E-state index < -0.39 is 39.1 Å². The first-order valence-electron chi connectivity index (χ1n) is 7.23. The van der Waals surface area contributed by atoms with E-state index in [0.717, 1.165) is 28.7 Å². The van der Waals surface area contributed by atoms with Crippen molar-refractivity contribution in [2.45, 2.75) is 12.5 Å². The molecule has 9 nitrogen and oxygen atoms in total. The summed E-state index contributed by atoms with van der Waals surface area (Å²) >= 11 is 0. The van der Waals surface area contributed by atoms with Crippen LogP contribution in [0.15, 0.2) is 48.5 Å². The highest BCUT2D eigenvalue weighted by atomic mass is 16.6. The Bertz CT molecular complexity index is 864. The van der Waals surface area contributed by atoms with E-state index in [1.165, 1.54) is 0 Å². The number of hydrogen-bond donors (Lipinski definition) is 0. The molecule has 0 aliphatic carbocycles. The second-order valence-corrected chi connectivity index (χ2v) is 5.45. The number of benzene rings is 2. The number of carbonyl (C=O) groups is 2. The summed E-state index contributed by atoms with van der Waals surface area (Å²) in [5.74, 6) is -1.23. The topological polar surface area (TPSA) is 124 Å². The second kappa shape index (κ2) is 6.11. The Morgan fingerprint density at radius 2 is 1.56 bits per heavy atom. The lowest BCUT2D eigenvalue weighted by atomic mass is 9.93. The van der Waals surface area contributed by atoms with Gasteiger partial charge in [-0.3, -0.25) is 34.7 Å². The highest BCUT2D eigenvalue weighted by Crippen LogP contribution is 2.36. The summed E-state index contributed by atoms with van der Waals surface area (Å²) < 4.78 is 0. The van der Waals surface area contributed by atoms with Gasteiger partial charge in [0.1, 0.15) is 0 Å². The fourth-order valence-electron chi connectivity index (χ4n) is 2.68. The molecule has 1 fully saturated rings. The van der Waals surface area contributed by atoms with E-state index in [1.54, 1.807) is 30.3 Å². The highest BCUT2D eigenvalue weighted by molar-refractivity contribution is 6.08. The zero-order chi connectivity index (χ0) is 18.1. The molecule has 0 N–H and O–H groups in total. The van der Waals surface area contributed by atoms with Crippen LogP contribution in [0.4, 0.5) is 11.4 Å². The van der Waals surface area contributed by atoms with E-state index >= 15 is 0 Å². The maximum absolute atomic E-state index is 12.6. The third-order valence-corrected chi connectivity index (χ3v) is 3.92. The van der Waals surface area contributed by atoms with Crippen LogP contribution in [0.2, 0.25) is 0 Å². The zero-order valence-corrected chi connectivity index (χ0v) is 12.7. The molecule has 1 atom stereocenters. The largest absolute Gasteiger partial charge is 0.277 e. The first-order chi connectivity index (χ1) is 11.9. The van der Waals surface area contributed by atoms with Crippen molar-refractivity contribution in [3.63, 3.8) is 0 Å². The lowest BCUT2D eigenvalue weighted by molar-refractivity contribution is -0.394. The summed E-state index contributed by atoms with van der Waals surface area (Å²) in [5.41, 5.74) is -0.686. The van der Waals surface area contributed by atoms with Crippen LogP contribution in [0.5, 0.6) is 0 Å². The van der Waals surface area contributed by atoms with Crippen molar-refractivity contribution < 1.29 is 19.4 Å². The molecule has 126 valence electrons. The summed E-state index contributed by atoms with van der Waals surface area (Å²) in [7, 11) is 0. The van der Waals surface area contributed by atoms with Gasteiger partial charge in [0.2, 0.25) is 5.91 Å². The second-order valence-electron chi connectivity index (χ2n) is 5.45. The molecule has 2 aromatic rings. The van der Waals surface area contributed by atoms with Crippen LogP contribution in [-0.4, -0.2) is 26.6 Å². The number of nitro benzene ring substituents is 2. The molecule has 1 aliphatic heterocycles. The fourth-order valence-corrected chi connectivity index (χ4v) is 2.68. The molecular weight excluding hydrogens is 330 g/mol. The van der Waals surface area contributed by atoms with Crippen LogP contribution in [0.25, 0.3) is 0 Å². The van der Waals surface area contributed by atoms with Gasteiger partial charge in [0.25, 0.3) is 17.3 Å². The van der Waals surface area contributed by atoms with Crippen LogP contribution in [-0.2, 0) is 4.79 Å². The summed E-state index contributed by atoms with van der Waals surface area (Å²) in [5, 5.41) is 21.9. The Morgan fingerprint density at radius 3 is 2.04 bits per heavy atom. The molecule has 0 unspecified atom stereocenters. The minimum absolute atomic E-state index is 0.132. The number of hydrogen-bond acceptors (Lipinski definition) is 6. The van der Waals surface area contributed by atoms with Crippen molar-refractivity contribution in [3.05, 3.63) is 79.9 Å². The van der Waals surface area contributed by atoms with Gasteiger partial charge in [-0.1, -0.05) is 30.3 Å². The number of amides is 2. The van der Waals surface area contributed by atoms with Crippen LogP contribution in [0.1, 0.15) is 28.4 Å². The smallest absolute Gasteiger partial charge is 0.274 e. The third-order valence-electron chi connectivity index (χ3n) is 3.92. The monoisotopic (exact) mass is 341 g/mol. The van der Waals surface area contributed by atoms with Crippen LogP contribution < -0.4 is 0 Å². The van der Waals surface area contributed by atoms with E-state index in [-0.39, 0.29) is 12.0 Å². The first kappa shape index (κ1) is 16.2. The van der Waals surface area contributed by atoms with Gasteiger partial charge in [-0.2, -0.15) is 0 Å². The Kier molecular flexibility index (Phi) is 3.97. The number of imide groups is 1. The van der Waals surface area contributed by atoms with Gasteiger partial charge in [0.15, 0.2) is 0 Å². The summed E-state index contributed by atoms with van der Waals surface area (Å²) in [6.45, 7) is 0. The van der Waals surface area contributed by atoms with E-state index in [2.05, 4.69) is 0 Å². The van der Waals surface area contributed by atoms with Crippen LogP contribution in [0, 0.1) is 20.2 Å². The number of nitro groups is 2. The number of likely N-dealkylation sites (tertiary alicyclic amines) is 1. The van der Waals surface area contributed by atoms with Gasteiger partial charge in [-0.15, -0.1) is 0 Å². The molecule has 2 aromatic carbocycles. The van der Waals surface area contributed by atoms with Crippen LogP contribution in [0.3, 0.4) is 0 Å². The molecule has 0 spiro atoms.